The molecule has 0 aliphatic rings. The first-order valence-corrected chi connectivity index (χ1v) is 4.37. The van der Waals surface area contributed by atoms with Gasteiger partial charge in [0.25, 0.3) is 0 Å². The zero-order valence-corrected chi connectivity index (χ0v) is 8.22. The summed E-state index contributed by atoms with van der Waals surface area (Å²) in [6.45, 7) is 3.75. The Bertz CT molecular complexity index is 353. The lowest BCUT2D eigenvalue weighted by molar-refractivity contribution is 0.423. The number of halogens is 2. The minimum Gasteiger partial charge on any atom is -0.164 e. The van der Waals surface area contributed by atoms with Gasteiger partial charge >= 0.3 is 6.08 Å². The SMILES string of the molecule is CC(C)(C=C=C(F)F)c1ccccc1. The highest BCUT2D eigenvalue weighted by Gasteiger charge is 2.15. The summed E-state index contributed by atoms with van der Waals surface area (Å²) in [4.78, 5) is 0. The summed E-state index contributed by atoms with van der Waals surface area (Å²) >= 11 is 0. The third-order valence-corrected chi connectivity index (χ3v) is 2.06. The van der Waals surface area contributed by atoms with Crippen LogP contribution in [0.4, 0.5) is 8.78 Å². The molecule has 0 spiro atoms. The first-order chi connectivity index (χ1) is 6.52. The Hall–Kier alpha value is -1.40. The van der Waals surface area contributed by atoms with Crippen molar-refractivity contribution in [3.63, 3.8) is 0 Å². The average molecular weight is 194 g/mol. The van der Waals surface area contributed by atoms with Crippen LogP contribution in [0.25, 0.3) is 0 Å². The third kappa shape index (κ3) is 2.82. The molecule has 1 rings (SSSR count). The van der Waals surface area contributed by atoms with Gasteiger partial charge in [0.05, 0.1) is 0 Å². The molecule has 74 valence electrons. The Morgan fingerprint density at radius 2 is 1.79 bits per heavy atom. The van der Waals surface area contributed by atoms with E-state index in [4.69, 9.17) is 0 Å². The summed E-state index contributed by atoms with van der Waals surface area (Å²) in [7, 11) is 0. The van der Waals surface area contributed by atoms with E-state index in [9.17, 15) is 8.78 Å². The van der Waals surface area contributed by atoms with Gasteiger partial charge in [-0.1, -0.05) is 49.9 Å². The molecule has 0 atom stereocenters. The summed E-state index contributed by atoms with van der Waals surface area (Å²) < 4.78 is 23.7. The van der Waals surface area contributed by atoms with E-state index >= 15 is 0 Å². The molecule has 0 aliphatic carbocycles. The molecule has 0 radical (unpaired) electrons. The quantitative estimate of drug-likeness (QED) is 0.626. The maximum absolute atomic E-state index is 11.9. The van der Waals surface area contributed by atoms with Crippen LogP contribution < -0.4 is 0 Å². The lowest BCUT2D eigenvalue weighted by Crippen LogP contribution is -2.12. The van der Waals surface area contributed by atoms with Crippen molar-refractivity contribution in [2.45, 2.75) is 19.3 Å². The molecule has 0 unspecified atom stereocenters. The zero-order valence-electron chi connectivity index (χ0n) is 8.22. The number of benzene rings is 1. The van der Waals surface area contributed by atoms with Gasteiger partial charge in [0.1, 0.15) is 0 Å². The number of hydrogen-bond acceptors (Lipinski definition) is 0. The van der Waals surface area contributed by atoms with Gasteiger partial charge in [-0.25, -0.2) is 0 Å². The highest BCUT2D eigenvalue weighted by Crippen LogP contribution is 2.23. The van der Waals surface area contributed by atoms with E-state index < -0.39 is 11.5 Å². The first kappa shape index (κ1) is 10.7. The fourth-order valence-electron chi connectivity index (χ4n) is 1.19. The van der Waals surface area contributed by atoms with Crippen molar-refractivity contribution < 1.29 is 8.78 Å². The highest BCUT2D eigenvalue weighted by molar-refractivity contribution is 5.28. The molecule has 1 aromatic carbocycles. The van der Waals surface area contributed by atoms with Crippen LogP contribution in [0, 0.1) is 0 Å². The topological polar surface area (TPSA) is 0 Å². The van der Waals surface area contributed by atoms with E-state index in [1.807, 2.05) is 49.9 Å². The fourth-order valence-corrected chi connectivity index (χ4v) is 1.19. The van der Waals surface area contributed by atoms with Crippen LogP contribution in [0.1, 0.15) is 19.4 Å². The predicted octanol–water partition coefficient (Wildman–Crippen LogP) is 3.90. The second-order valence-electron chi connectivity index (χ2n) is 3.64. The van der Waals surface area contributed by atoms with E-state index in [0.29, 0.717) is 0 Å². The molecule has 0 fully saturated rings. The van der Waals surface area contributed by atoms with E-state index in [2.05, 4.69) is 0 Å². The van der Waals surface area contributed by atoms with E-state index in [0.717, 1.165) is 5.56 Å². The van der Waals surface area contributed by atoms with Crippen LogP contribution in [-0.4, -0.2) is 0 Å². The van der Waals surface area contributed by atoms with Gasteiger partial charge in [-0.2, -0.15) is 8.78 Å². The van der Waals surface area contributed by atoms with Crippen LogP contribution >= 0.6 is 0 Å². The lowest BCUT2D eigenvalue weighted by Gasteiger charge is -2.19. The second kappa shape index (κ2) is 4.21. The van der Waals surface area contributed by atoms with Crippen molar-refractivity contribution in [1.82, 2.24) is 0 Å². The van der Waals surface area contributed by atoms with Crippen LogP contribution in [0.2, 0.25) is 0 Å². The molecule has 0 nitrogen and oxygen atoms in total. The third-order valence-electron chi connectivity index (χ3n) is 2.06. The minimum atomic E-state index is -1.78. The van der Waals surface area contributed by atoms with Crippen LogP contribution in [0.3, 0.4) is 0 Å². The monoisotopic (exact) mass is 194 g/mol. The van der Waals surface area contributed by atoms with Crippen LogP contribution in [0.15, 0.2) is 48.2 Å². The molecule has 2 heteroatoms. The van der Waals surface area contributed by atoms with Gasteiger partial charge in [-0.05, 0) is 11.6 Å². The molecular formula is C12H12F2. The molecule has 14 heavy (non-hydrogen) atoms. The molecule has 0 aliphatic heterocycles. The summed E-state index contributed by atoms with van der Waals surface area (Å²) in [5.41, 5.74) is 2.52. The summed E-state index contributed by atoms with van der Waals surface area (Å²) in [5.74, 6) is 0. The molecule has 1 aromatic rings. The van der Waals surface area contributed by atoms with Gasteiger partial charge in [0, 0.05) is 5.41 Å². The maximum atomic E-state index is 11.9. The highest BCUT2D eigenvalue weighted by atomic mass is 19.3. The summed E-state index contributed by atoms with van der Waals surface area (Å²) in [5, 5.41) is 0. The van der Waals surface area contributed by atoms with Crippen LogP contribution in [0.5, 0.6) is 0 Å². The van der Waals surface area contributed by atoms with Crippen molar-refractivity contribution in [3.8, 4) is 0 Å². The largest absolute Gasteiger partial charge is 0.312 e. The van der Waals surface area contributed by atoms with Crippen molar-refractivity contribution in [3.05, 3.63) is 53.8 Å². The molecule has 0 bridgehead atoms. The second-order valence-corrected chi connectivity index (χ2v) is 3.64. The first-order valence-electron chi connectivity index (χ1n) is 4.37. The smallest absolute Gasteiger partial charge is 0.164 e. The molecule has 0 saturated heterocycles. The molecule has 0 N–H and O–H groups in total. The molecule has 0 aromatic heterocycles. The summed E-state index contributed by atoms with van der Waals surface area (Å²) in [6.07, 6.45) is -0.397. The van der Waals surface area contributed by atoms with Gasteiger partial charge in [0.15, 0.2) is 0 Å². The van der Waals surface area contributed by atoms with Crippen molar-refractivity contribution in [1.29, 1.82) is 0 Å². The van der Waals surface area contributed by atoms with Crippen molar-refractivity contribution in [2.75, 3.05) is 0 Å². The standard InChI is InChI=1S/C12H12F2/c1-12(2,9-8-11(13)14)10-6-4-3-5-7-10/h3-7,9H,1-2H3. The van der Waals surface area contributed by atoms with Gasteiger partial charge in [-0.15, -0.1) is 0 Å². The normalized spacial score (nSPS) is 10.6. The molecule has 0 saturated carbocycles. The van der Waals surface area contributed by atoms with E-state index in [1.165, 1.54) is 6.08 Å². The zero-order chi connectivity index (χ0) is 10.6. The van der Waals surface area contributed by atoms with Crippen molar-refractivity contribution in [2.24, 2.45) is 0 Å². The Morgan fingerprint density at radius 1 is 1.21 bits per heavy atom. The Kier molecular flexibility index (Phi) is 3.21. The maximum Gasteiger partial charge on any atom is 0.312 e. The average Bonchev–Trinajstić information content (AvgIpc) is 2.16. The van der Waals surface area contributed by atoms with Crippen molar-refractivity contribution >= 4 is 0 Å². The number of hydrogen-bond donors (Lipinski definition) is 0. The Balaban J connectivity index is 3.03. The minimum absolute atomic E-state index is 0.412. The van der Waals surface area contributed by atoms with Gasteiger partial charge < -0.3 is 0 Å². The van der Waals surface area contributed by atoms with Gasteiger partial charge in [-0.3, -0.25) is 0 Å². The number of allylic oxidation sites excluding steroid dienone is 1. The fraction of sp³-hybridized carbons (Fsp3) is 0.250. The number of rotatable bonds is 2. The Morgan fingerprint density at radius 3 is 2.29 bits per heavy atom. The van der Waals surface area contributed by atoms with E-state index in [-0.39, 0.29) is 0 Å². The summed E-state index contributed by atoms with van der Waals surface area (Å²) in [6, 6.07) is 9.50. The molecular weight excluding hydrogens is 182 g/mol. The predicted molar refractivity (Wildman–Crippen MR) is 53.3 cm³/mol. The molecule has 0 amide bonds. The van der Waals surface area contributed by atoms with Gasteiger partial charge in [0.2, 0.25) is 0 Å². The lowest BCUT2D eigenvalue weighted by atomic mass is 9.85. The van der Waals surface area contributed by atoms with Crippen LogP contribution in [-0.2, 0) is 5.41 Å². The molecule has 0 heterocycles. The van der Waals surface area contributed by atoms with E-state index in [1.54, 1.807) is 0 Å². The Labute approximate surface area is 82.6 Å².